The Kier molecular flexibility index (Phi) is 6.66. The lowest BCUT2D eigenvalue weighted by Crippen LogP contribution is -2.50. The van der Waals surface area contributed by atoms with Crippen molar-refractivity contribution >= 4 is 5.96 Å². The first kappa shape index (κ1) is 21.5. The van der Waals surface area contributed by atoms with Gasteiger partial charge in [0.15, 0.2) is 17.5 Å². The molecule has 0 unspecified atom stereocenters. The van der Waals surface area contributed by atoms with Crippen molar-refractivity contribution in [2.45, 2.75) is 31.2 Å². The van der Waals surface area contributed by atoms with Gasteiger partial charge in [0, 0.05) is 45.3 Å². The lowest BCUT2D eigenvalue weighted by atomic mass is 9.74. The summed E-state index contributed by atoms with van der Waals surface area (Å²) >= 11 is 0. The van der Waals surface area contributed by atoms with Crippen LogP contribution in [0.3, 0.4) is 0 Å². The molecule has 2 aromatic carbocycles. The first-order valence-corrected chi connectivity index (χ1v) is 11.0. The van der Waals surface area contributed by atoms with Crippen molar-refractivity contribution in [1.29, 1.82) is 0 Å². The van der Waals surface area contributed by atoms with Gasteiger partial charge in [0.05, 0.1) is 14.2 Å². The molecule has 0 bridgehead atoms. The van der Waals surface area contributed by atoms with Gasteiger partial charge in [0.2, 0.25) is 0 Å². The molecule has 0 atom stereocenters. The van der Waals surface area contributed by atoms with E-state index in [0.717, 1.165) is 69.6 Å². The molecule has 6 nitrogen and oxygen atoms in total. The smallest absolute Gasteiger partial charge is 0.193 e. The van der Waals surface area contributed by atoms with Crippen LogP contribution in [-0.2, 0) is 23.1 Å². The van der Waals surface area contributed by atoms with Gasteiger partial charge in [0.1, 0.15) is 0 Å². The zero-order chi connectivity index (χ0) is 21.7. The molecule has 1 saturated heterocycles. The van der Waals surface area contributed by atoms with Crippen molar-refractivity contribution in [2.75, 3.05) is 47.6 Å². The highest BCUT2D eigenvalue weighted by Crippen LogP contribution is 2.35. The van der Waals surface area contributed by atoms with E-state index in [2.05, 4.69) is 57.7 Å². The zero-order valence-electron chi connectivity index (χ0n) is 18.8. The third kappa shape index (κ3) is 4.49. The van der Waals surface area contributed by atoms with Crippen molar-refractivity contribution in [1.82, 2.24) is 10.2 Å². The number of fused-ring (bicyclic) bond motifs is 1. The fourth-order valence-electron chi connectivity index (χ4n) is 4.77. The summed E-state index contributed by atoms with van der Waals surface area (Å²) in [5.74, 6) is 2.51. The Balaban J connectivity index is 1.50. The number of methoxy groups -OCH3 is 2. The molecule has 0 saturated carbocycles. The SMILES string of the molecule is CN=C(NCC1(c2ccccc2)CCOCC1)N1CCc2cc(OC)c(OC)cc2C1. The van der Waals surface area contributed by atoms with Crippen molar-refractivity contribution in [3.63, 3.8) is 0 Å². The van der Waals surface area contributed by atoms with E-state index in [-0.39, 0.29) is 5.41 Å². The third-order valence-electron chi connectivity index (χ3n) is 6.65. The van der Waals surface area contributed by atoms with E-state index >= 15 is 0 Å². The van der Waals surface area contributed by atoms with Gasteiger partial charge in [-0.1, -0.05) is 30.3 Å². The largest absolute Gasteiger partial charge is 0.493 e. The first-order valence-electron chi connectivity index (χ1n) is 11.0. The van der Waals surface area contributed by atoms with Crippen LogP contribution in [0.15, 0.2) is 47.5 Å². The molecular formula is C25H33N3O3. The van der Waals surface area contributed by atoms with Crippen LogP contribution in [0.5, 0.6) is 11.5 Å². The van der Waals surface area contributed by atoms with E-state index in [1.807, 2.05) is 7.05 Å². The second-order valence-corrected chi connectivity index (χ2v) is 8.31. The van der Waals surface area contributed by atoms with Crippen molar-refractivity contribution < 1.29 is 14.2 Å². The third-order valence-corrected chi connectivity index (χ3v) is 6.65. The summed E-state index contributed by atoms with van der Waals surface area (Å²) in [5.41, 5.74) is 4.02. The molecule has 31 heavy (non-hydrogen) atoms. The van der Waals surface area contributed by atoms with E-state index in [9.17, 15) is 0 Å². The van der Waals surface area contributed by atoms with Crippen LogP contribution in [0.25, 0.3) is 0 Å². The Morgan fingerprint density at radius 2 is 1.74 bits per heavy atom. The summed E-state index contributed by atoms with van der Waals surface area (Å²) in [5, 5.41) is 3.69. The Morgan fingerprint density at radius 3 is 2.39 bits per heavy atom. The number of nitrogens with one attached hydrogen (secondary N) is 1. The van der Waals surface area contributed by atoms with Crippen LogP contribution in [0.1, 0.15) is 29.5 Å². The summed E-state index contributed by atoms with van der Waals surface area (Å²) in [6, 6.07) is 15.0. The molecular weight excluding hydrogens is 390 g/mol. The lowest BCUT2D eigenvalue weighted by molar-refractivity contribution is 0.0511. The predicted molar refractivity (Wildman–Crippen MR) is 123 cm³/mol. The lowest BCUT2D eigenvalue weighted by Gasteiger charge is -2.40. The highest BCUT2D eigenvalue weighted by atomic mass is 16.5. The topological polar surface area (TPSA) is 55.3 Å². The number of hydrogen-bond donors (Lipinski definition) is 1. The number of nitrogens with zero attached hydrogens (tertiary/aromatic N) is 2. The summed E-state index contributed by atoms with van der Waals surface area (Å²) in [6.07, 6.45) is 2.98. The van der Waals surface area contributed by atoms with Crippen LogP contribution in [0.4, 0.5) is 0 Å². The Labute approximate surface area is 185 Å². The van der Waals surface area contributed by atoms with Gasteiger partial charge >= 0.3 is 0 Å². The zero-order valence-corrected chi connectivity index (χ0v) is 18.8. The maximum atomic E-state index is 5.68. The second kappa shape index (κ2) is 9.60. The van der Waals surface area contributed by atoms with Crippen molar-refractivity contribution in [2.24, 2.45) is 4.99 Å². The number of hydrogen-bond acceptors (Lipinski definition) is 4. The number of benzene rings is 2. The van der Waals surface area contributed by atoms with Gasteiger partial charge in [-0.05, 0) is 48.1 Å². The van der Waals surface area contributed by atoms with E-state index in [1.165, 1.54) is 16.7 Å². The molecule has 0 amide bonds. The summed E-state index contributed by atoms with van der Waals surface area (Å²) in [7, 11) is 5.23. The van der Waals surface area contributed by atoms with Gasteiger partial charge in [-0.3, -0.25) is 4.99 Å². The van der Waals surface area contributed by atoms with Crippen LogP contribution < -0.4 is 14.8 Å². The number of guanidine groups is 1. The Bertz CT molecular complexity index is 908. The summed E-state index contributed by atoms with van der Waals surface area (Å²) in [6.45, 7) is 4.17. The Morgan fingerprint density at radius 1 is 1.06 bits per heavy atom. The molecule has 2 aliphatic heterocycles. The highest BCUT2D eigenvalue weighted by molar-refractivity contribution is 5.80. The van der Waals surface area contributed by atoms with Crippen LogP contribution in [0.2, 0.25) is 0 Å². The fraction of sp³-hybridized carbons (Fsp3) is 0.480. The monoisotopic (exact) mass is 423 g/mol. The molecule has 1 fully saturated rings. The van der Waals surface area contributed by atoms with E-state index in [1.54, 1.807) is 14.2 Å². The summed E-state index contributed by atoms with van der Waals surface area (Å²) in [4.78, 5) is 6.94. The minimum Gasteiger partial charge on any atom is -0.493 e. The summed E-state index contributed by atoms with van der Waals surface area (Å²) < 4.78 is 16.7. The number of ether oxygens (including phenoxy) is 3. The van der Waals surface area contributed by atoms with E-state index in [0.29, 0.717) is 0 Å². The van der Waals surface area contributed by atoms with Gasteiger partial charge in [-0.2, -0.15) is 0 Å². The second-order valence-electron chi connectivity index (χ2n) is 8.31. The highest BCUT2D eigenvalue weighted by Gasteiger charge is 2.35. The van der Waals surface area contributed by atoms with E-state index < -0.39 is 0 Å². The van der Waals surface area contributed by atoms with Crippen LogP contribution in [0, 0.1) is 0 Å². The molecule has 2 aliphatic rings. The number of rotatable bonds is 5. The predicted octanol–water partition coefficient (Wildman–Crippen LogP) is 3.39. The fourth-order valence-corrected chi connectivity index (χ4v) is 4.77. The van der Waals surface area contributed by atoms with Crippen LogP contribution >= 0.6 is 0 Å². The van der Waals surface area contributed by atoms with Crippen molar-refractivity contribution in [3.8, 4) is 11.5 Å². The quantitative estimate of drug-likeness (QED) is 0.590. The van der Waals surface area contributed by atoms with Gasteiger partial charge in [0.25, 0.3) is 0 Å². The molecule has 0 spiro atoms. The van der Waals surface area contributed by atoms with Gasteiger partial charge in [-0.15, -0.1) is 0 Å². The number of aliphatic imine (C=N–C) groups is 1. The maximum Gasteiger partial charge on any atom is 0.193 e. The maximum absolute atomic E-state index is 5.68. The molecule has 6 heteroatoms. The molecule has 0 aromatic heterocycles. The molecule has 4 rings (SSSR count). The minimum absolute atomic E-state index is 0.0692. The molecule has 2 aromatic rings. The standard InChI is InChI=1S/C25H33N3O3/c1-26-24(27-18-25(10-13-31-14-11-25)21-7-5-4-6-8-21)28-12-9-19-15-22(29-2)23(30-3)16-20(19)17-28/h4-8,15-16H,9-14,17-18H2,1-3H3,(H,26,27). The molecule has 166 valence electrons. The Hall–Kier alpha value is -2.73. The van der Waals surface area contributed by atoms with Gasteiger partial charge < -0.3 is 24.4 Å². The average Bonchev–Trinajstić information content (AvgIpc) is 2.84. The van der Waals surface area contributed by atoms with Gasteiger partial charge in [-0.25, -0.2) is 0 Å². The van der Waals surface area contributed by atoms with Crippen LogP contribution in [-0.4, -0.2) is 58.4 Å². The molecule has 1 N–H and O–H groups in total. The first-order chi connectivity index (χ1) is 15.2. The normalized spacial score (nSPS) is 18.3. The molecule has 0 aliphatic carbocycles. The average molecular weight is 424 g/mol. The van der Waals surface area contributed by atoms with Crippen molar-refractivity contribution in [3.05, 3.63) is 59.2 Å². The van der Waals surface area contributed by atoms with E-state index in [4.69, 9.17) is 14.2 Å². The molecule has 0 radical (unpaired) electrons. The minimum atomic E-state index is 0.0692. The molecule has 2 heterocycles.